The fourth-order valence-electron chi connectivity index (χ4n) is 4.65. The molecule has 2 N–H and O–H groups in total. The van der Waals surface area contributed by atoms with E-state index in [4.69, 9.17) is 9.52 Å². The van der Waals surface area contributed by atoms with Gasteiger partial charge in [0, 0.05) is 36.3 Å². The van der Waals surface area contributed by atoms with E-state index in [0.717, 1.165) is 54.9 Å². The molecule has 0 bridgehead atoms. The summed E-state index contributed by atoms with van der Waals surface area (Å²) in [6, 6.07) is 8.76. The third-order valence-electron chi connectivity index (χ3n) is 6.39. The average Bonchev–Trinajstić information content (AvgIpc) is 3.46. The summed E-state index contributed by atoms with van der Waals surface area (Å²) in [7, 11) is 0. The third kappa shape index (κ3) is 4.14. The lowest BCUT2D eigenvalue weighted by Crippen LogP contribution is -2.37. The number of carbonyl (C=O) groups is 1. The molecule has 1 amide bonds. The molecule has 0 saturated carbocycles. The minimum absolute atomic E-state index is 0. The van der Waals surface area contributed by atoms with Crippen LogP contribution in [0.1, 0.15) is 51.4 Å². The van der Waals surface area contributed by atoms with Gasteiger partial charge < -0.3 is 15.1 Å². The van der Waals surface area contributed by atoms with Crippen LogP contribution in [0.15, 0.2) is 34.9 Å². The van der Waals surface area contributed by atoms with Crippen molar-refractivity contribution in [2.75, 3.05) is 13.1 Å². The number of halogens is 1. The van der Waals surface area contributed by atoms with Gasteiger partial charge in [0.15, 0.2) is 5.76 Å². The number of furan rings is 1. The lowest BCUT2D eigenvalue weighted by Gasteiger charge is -2.10. The first kappa shape index (κ1) is 21.7. The summed E-state index contributed by atoms with van der Waals surface area (Å²) in [6.07, 6.45) is 6.10. The van der Waals surface area contributed by atoms with Crippen molar-refractivity contribution in [2.24, 2.45) is 0 Å². The molecule has 1 unspecified atom stereocenters. The van der Waals surface area contributed by atoms with Gasteiger partial charge in [0.05, 0.1) is 12.2 Å². The molecule has 1 atom stereocenters. The van der Waals surface area contributed by atoms with Crippen molar-refractivity contribution in [3.63, 3.8) is 0 Å². The van der Waals surface area contributed by atoms with E-state index in [1.807, 2.05) is 11.6 Å². The molecular weight excluding hydrogens is 412 g/mol. The molecule has 5 rings (SSSR count). The van der Waals surface area contributed by atoms with Crippen molar-refractivity contribution in [1.29, 1.82) is 0 Å². The highest BCUT2D eigenvalue weighted by Gasteiger charge is 2.30. The lowest BCUT2D eigenvalue weighted by molar-refractivity contribution is 0.0920. The zero-order chi connectivity index (χ0) is 20.7. The van der Waals surface area contributed by atoms with Gasteiger partial charge in [-0.1, -0.05) is 24.3 Å². The van der Waals surface area contributed by atoms with Crippen LogP contribution in [0.2, 0.25) is 0 Å². The summed E-state index contributed by atoms with van der Waals surface area (Å²) in [4.78, 5) is 12.8. The monoisotopic (exact) mass is 440 g/mol. The summed E-state index contributed by atoms with van der Waals surface area (Å²) in [5, 5.41) is 11.3. The van der Waals surface area contributed by atoms with Gasteiger partial charge in [0.2, 0.25) is 0 Å². The van der Waals surface area contributed by atoms with Gasteiger partial charge in [0.25, 0.3) is 5.91 Å². The summed E-state index contributed by atoms with van der Waals surface area (Å²) in [5.41, 5.74) is 6.61. The van der Waals surface area contributed by atoms with Crippen LogP contribution in [0, 0.1) is 13.8 Å². The molecule has 6 nitrogen and oxygen atoms in total. The van der Waals surface area contributed by atoms with E-state index in [0.29, 0.717) is 18.3 Å². The van der Waals surface area contributed by atoms with Crippen molar-refractivity contribution in [1.82, 2.24) is 20.4 Å². The number of carbonyl (C=O) groups excluding carboxylic acids is 1. The third-order valence-corrected chi connectivity index (χ3v) is 6.39. The Morgan fingerprint density at radius 3 is 2.90 bits per heavy atom. The number of aromatic nitrogens is 2. The summed E-state index contributed by atoms with van der Waals surface area (Å²) >= 11 is 0. The van der Waals surface area contributed by atoms with Gasteiger partial charge in [-0.15, -0.1) is 12.4 Å². The summed E-state index contributed by atoms with van der Waals surface area (Å²) in [6.45, 7) is 6.51. The molecule has 1 aromatic carbocycles. The van der Waals surface area contributed by atoms with E-state index in [-0.39, 0.29) is 18.3 Å². The van der Waals surface area contributed by atoms with Crippen molar-refractivity contribution in [2.45, 2.75) is 52.1 Å². The van der Waals surface area contributed by atoms with Crippen LogP contribution in [-0.4, -0.2) is 34.8 Å². The Kier molecular flexibility index (Phi) is 6.21. The largest absolute Gasteiger partial charge is 0.455 e. The molecule has 0 spiro atoms. The van der Waals surface area contributed by atoms with Gasteiger partial charge in [-0.2, -0.15) is 5.10 Å². The fourth-order valence-corrected chi connectivity index (χ4v) is 4.65. The summed E-state index contributed by atoms with van der Waals surface area (Å²) < 4.78 is 8.05. The van der Waals surface area contributed by atoms with E-state index in [1.54, 1.807) is 0 Å². The smallest absolute Gasteiger partial charge is 0.287 e. The Balaban J connectivity index is 0.00000231. The van der Waals surface area contributed by atoms with Crippen molar-refractivity contribution in [3.8, 4) is 11.3 Å². The molecule has 3 aromatic rings. The molecule has 1 aliphatic heterocycles. The van der Waals surface area contributed by atoms with E-state index < -0.39 is 0 Å². The Hall–Kier alpha value is -2.57. The number of benzene rings is 1. The highest BCUT2D eigenvalue weighted by molar-refractivity contribution is 5.95. The number of aryl methyl sites for hydroxylation is 3. The quantitative estimate of drug-likeness (QED) is 0.632. The SMILES string of the molecule is Cc1ccccc1Cn1cc2c(n1)-c1c(oc(C(=O)NCC3CCCN3)c1C)CC2.Cl. The van der Waals surface area contributed by atoms with Crippen molar-refractivity contribution < 1.29 is 9.21 Å². The van der Waals surface area contributed by atoms with Crippen LogP contribution in [-0.2, 0) is 19.4 Å². The molecule has 0 radical (unpaired) electrons. The normalized spacial score (nSPS) is 17.0. The maximum atomic E-state index is 12.8. The standard InChI is InChI=1S/C24H28N4O2.ClH/c1-15-6-3-4-7-17(15)13-28-14-18-9-10-20-21(22(18)27-28)16(2)23(30-20)24(29)26-12-19-8-5-11-25-19;/h3-4,6-7,14,19,25H,5,8-13H2,1-2H3,(H,26,29);1H. The highest BCUT2D eigenvalue weighted by atomic mass is 35.5. The second kappa shape index (κ2) is 8.89. The van der Waals surface area contributed by atoms with Crippen molar-refractivity contribution >= 4 is 18.3 Å². The Bertz CT molecular complexity index is 1100. The van der Waals surface area contributed by atoms with E-state index in [2.05, 4.69) is 48.0 Å². The summed E-state index contributed by atoms with van der Waals surface area (Å²) in [5.74, 6) is 1.18. The molecule has 3 heterocycles. The molecule has 1 aliphatic carbocycles. The predicted molar refractivity (Wildman–Crippen MR) is 123 cm³/mol. The minimum Gasteiger partial charge on any atom is -0.455 e. The van der Waals surface area contributed by atoms with Crippen LogP contribution >= 0.6 is 12.4 Å². The second-order valence-electron chi connectivity index (χ2n) is 8.48. The van der Waals surface area contributed by atoms with Gasteiger partial charge in [-0.25, -0.2) is 0 Å². The Morgan fingerprint density at radius 2 is 2.13 bits per heavy atom. The van der Waals surface area contributed by atoms with Crippen LogP contribution in [0.3, 0.4) is 0 Å². The minimum atomic E-state index is -0.128. The maximum Gasteiger partial charge on any atom is 0.287 e. The van der Waals surface area contributed by atoms with E-state index >= 15 is 0 Å². The average molecular weight is 441 g/mol. The number of hydrogen-bond donors (Lipinski definition) is 2. The molecule has 31 heavy (non-hydrogen) atoms. The molecular formula is C24H29ClN4O2. The van der Waals surface area contributed by atoms with Gasteiger partial charge in [-0.05, 0) is 56.3 Å². The number of amides is 1. The number of hydrogen-bond acceptors (Lipinski definition) is 4. The molecule has 2 aliphatic rings. The number of fused-ring (bicyclic) bond motifs is 3. The molecule has 7 heteroatoms. The topological polar surface area (TPSA) is 72.1 Å². The molecule has 164 valence electrons. The molecule has 1 fully saturated rings. The predicted octanol–water partition coefficient (Wildman–Crippen LogP) is 3.81. The lowest BCUT2D eigenvalue weighted by atomic mass is 9.93. The van der Waals surface area contributed by atoms with Crippen LogP contribution in [0.25, 0.3) is 11.3 Å². The second-order valence-corrected chi connectivity index (χ2v) is 8.48. The number of nitrogens with zero attached hydrogens (tertiary/aromatic N) is 2. The first-order chi connectivity index (χ1) is 14.6. The van der Waals surface area contributed by atoms with Gasteiger partial charge in [-0.3, -0.25) is 9.48 Å². The maximum absolute atomic E-state index is 12.8. The van der Waals surface area contributed by atoms with Crippen LogP contribution in [0.5, 0.6) is 0 Å². The van der Waals surface area contributed by atoms with Crippen molar-refractivity contribution in [3.05, 3.63) is 64.2 Å². The first-order valence-electron chi connectivity index (χ1n) is 10.8. The van der Waals surface area contributed by atoms with Gasteiger partial charge >= 0.3 is 0 Å². The molecule has 2 aromatic heterocycles. The first-order valence-corrected chi connectivity index (χ1v) is 10.8. The number of rotatable bonds is 5. The van der Waals surface area contributed by atoms with E-state index in [1.165, 1.54) is 23.1 Å². The highest BCUT2D eigenvalue weighted by Crippen LogP contribution is 2.38. The van der Waals surface area contributed by atoms with Crippen LogP contribution < -0.4 is 10.6 Å². The van der Waals surface area contributed by atoms with Gasteiger partial charge in [0.1, 0.15) is 5.76 Å². The fraction of sp³-hybridized carbons (Fsp3) is 0.417. The van der Waals surface area contributed by atoms with Crippen LogP contribution in [0.4, 0.5) is 0 Å². The number of nitrogens with one attached hydrogen (secondary N) is 2. The molecule has 1 saturated heterocycles. The van der Waals surface area contributed by atoms with E-state index in [9.17, 15) is 4.79 Å². The Morgan fingerprint density at radius 1 is 1.29 bits per heavy atom. The zero-order valence-electron chi connectivity index (χ0n) is 18.0. The zero-order valence-corrected chi connectivity index (χ0v) is 18.8. The Labute approximate surface area is 188 Å².